The molecule has 0 amide bonds. The highest BCUT2D eigenvalue weighted by atomic mass is 16.3. The third-order valence-corrected chi connectivity index (χ3v) is 8.16. The van der Waals surface area contributed by atoms with E-state index in [2.05, 4.69) is 114 Å². The lowest BCUT2D eigenvalue weighted by molar-refractivity contribution is -0.667. The highest BCUT2D eigenvalue weighted by molar-refractivity contribution is 6.15. The van der Waals surface area contributed by atoms with Gasteiger partial charge in [0.25, 0.3) is 0 Å². The van der Waals surface area contributed by atoms with Gasteiger partial charge in [0, 0.05) is 34.9 Å². The van der Waals surface area contributed by atoms with Gasteiger partial charge in [-0.15, -0.1) is 0 Å². The zero-order chi connectivity index (χ0) is 28.2. The number of aryl methyl sites for hydroxylation is 1. The molecule has 0 saturated carbocycles. The standard InChI is InChI=1S/C36H39N2O/c1-21(2)25-12-14-26(15-13-25)33-30(37-9)18-17-29-28-16-11-22(3)32(34(28)39-35(29)33)31-19-27(20-36(6,7)8)23(4)24(5)38(31)10/h11-19,21H,20H2,1-8,10H3/q+1. The van der Waals surface area contributed by atoms with Gasteiger partial charge in [-0.2, -0.15) is 4.57 Å². The fraction of sp³-hybridized carbons (Fsp3) is 0.333. The average molecular weight is 516 g/mol. The number of nitrogens with zero attached hydrogens (tertiary/aromatic N) is 2. The summed E-state index contributed by atoms with van der Waals surface area (Å²) in [7, 11) is 2.15. The molecule has 0 radical (unpaired) electrons. The van der Waals surface area contributed by atoms with E-state index in [0.29, 0.717) is 11.6 Å². The van der Waals surface area contributed by atoms with Crippen molar-refractivity contribution in [3.63, 3.8) is 0 Å². The normalized spacial score (nSPS) is 12.0. The maximum Gasteiger partial charge on any atom is 0.216 e. The molecule has 0 spiro atoms. The highest BCUT2D eigenvalue weighted by Crippen LogP contribution is 2.44. The molecule has 198 valence electrons. The number of rotatable bonds is 4. The monoisotopic (exact) mass is 515 g/mol. The summed E-state index contributed by atoms with van der Waals surface area (Å²) in [5.74, 6) is 0.453. The molecule has 39 heavy (non-hydrogen) atoms. The summed E-state index contributed by atoms with van der Waals surface area (Å²) in [6.07, 6.45) is 1.01. The van der Waals surface area contributed by atoms with Crippen LogP contribution in [-0.2, 0) is 13.5 Å². The number of furan rings is 1. The van der Waals surface area contributed by atoms with Crippen LogP contribution in [0.1, 0.15) is 68.5 Å². The molecule has 0 unspecified atom stereocenters. The lowest BCUT2D eigenvalue weighted by atomic mass is 9.85. The fourth-order valence-corrected chi connectivity index (χ4v) is 5.75. The number of pyridine rings is 1. The molecule has 0 atom stereocenters. The van der Waals surface area contributed by atoms with Crippen molar-refractivity contribution in [2.75, 3.05) is 0 Å². The minimum atomic E-state index is 0.186. The summed E-state index contributed by atoms with van der Waals surface area (Å²) >= 11 is 0. The lowest BCUT2D eigenvalue weighted by Crippen LogP contribution is -2.36. The summed E-state index contributed by atoms with van der Waals surface area (Å²) < 4.78 is 9.13. The molecule has 2 heterocycles. The Morgan fingerprint density at radius 2 is 1.49 bits per heavy atom. The van der Waals surface area contributed by atoms with Crippen LogP contribution < -0.4 is 4.57 Å². The van der Waals surface area contributed by atoms with Crippen molar-refractivity contribution in [2.24, 2.45) is 12.5 Å². The molecule has 0 aliphatic rings. The third kappa shape index (κ3) is 4.63. The summed E-state index contributed by atoms with van der Waals surface area (Å²) in [5, 5.41) is 2.13. The van der Waals surface area contributed by atoms with E-state index in [1.807, 2.05) is 12.1 Å². The first-order valence-electron chi connectivity index (χ1n) is 13.9. The smallest absolute Gasteiger partial charge is 0.216 e. The van der Waals surface area contributed by atoms with Gasteiger partial charge in [-0.1, -0.05) is 83.1 Å². The lowest BCUT2D eigenvalue weighted by Gasteiger charge is -2.20. The Morgan fingerprint density at radius 1 is 0.872 bits per heavy atom. The number of benzene rings is 3. The Hall–Kier alpha value is -3.90. The van der Waals surface area contributed by atoms with E-state index in [1.54, 1.807) is 0 Å². The van der Waals surface area contributed by atoms with E-state index in [0.717, 1.165) is 50.7 Å². The largest absolute Gasteiger partial charge is 0.456 e. The van der Waals surface area contributed by atoms with Crippen molar-refractivity contribution in [2.45, 2.75) is 67.7 Å². The van der Waals surface area contributed by atoms with Gasteiger partial charge in [0.05, 0.1) is 12.1 Å². The Morgan fingerprint density at radius 3 is 2.08 bits per heavy atom. The predicted molar refractivity (Wildman–Crippen MR) is 163 cm³/mol. The van der Waals surface area contributed by atoms with Crippen molar-refractivity contribution >= 4 is 27.6 Å². The minimum absolute atomic E-state index is 0.186. The van der Waals surface area contributed by atoms with Crippen LogP contribution in [0.4, 0.5) is 5.69 Å². The number of aromatic nitrogens is 1. The van der Waals surface area contributed by atoms with Gasteiger partial charge in [0.2, 0.25) is 5.69 Å². The van der Waals surface area contributed by atoms with Gasteiger partial charge in [0.15, 0.2) is 11.4 Å². The predicted octanol–water partition coefficient (Wildman–Crippen LogP) is 9.93. The molecule has 3 aromatic carbocycles. The number of hydrogen-bond acceptors (Lipinski definition) is 1. The van der Waals surface area contributed by atoms with Gasteiger partial charge in [-0.3, -0.25) is 0 Å². The van der Waals surface area contributed by atoms with E-state index in [9.17, 15) is 0 Å². The summed E-state index contributed by atoms with van der Waals surface area (Å²) in [6.45, 7) is 25.8. The second-order valence-electron chi connectivity index (χ2n) is 12.5. The zero-order valence-corrected chi connectivity index (χ0v) is 24.8. The molecule has 0 N–H and O–H groups in total. The van der Waals surface area contributed by atoms with E-state index < -0.39 is 0 Å². The third-order valence-electron chi connectivity index (χ3n) is 8.16. The molecule has 2 aromatic heterocycles. The average Bonchev–Trinajstić information content (AvgIpc) is 3.26. The molecular weight excluding hydrogens is 476 g/mol. The van der Waals surface area contributed by atoms with Gasteiger partial charge in [-0.05, 0) is 53.9 Å². The Bertz CT molecular complexity index is 1770. The molecule has 0 fully saturated rings. The topological polar surface area (TPSA) is 21.4 Å². The second-order valence-corrected chi connectivity index (χ2v) is 12.5. The Balaban J connectivity index is 1.83. The van der Waals surface area contributed by atoms with Crippen molar-refractivity contribution in [3.8, 4) is 22.4 Å². The van der Waals surface area contributed by atoms with Crippen molar-refractivity contribution in [1.29, 1.82) is 0 Å². The van der Waals surface area contributed by atoms with Gasteiger partial charge in [0.1, 0.15) is 18.2 Å². The molecule has 5 aromatic rings. The molecule has 0 aliphatic heterocycles. The maximum absolute atomic E-state index is 7.91. The van der Waals surface area contributed by atoms with Gasteiger partial charge >= 0.3 is 0 Å². The van der Waals surface area contributed by atoms with Crippen molar-refractivity contribution < 1.29 is 8.98 Å². The Labute approximate surface area is 232 Å². The first-order chi connectivity index (χ1) is 18.4. The van der Waals surface area contributed by atoms with Crippen LogP contribution in [0.15, 0.2) is 59.0 Å². The van der Waals surface area contributed by atoms with Gasteiger partial charge < -0.3 is 4.42 Å². The van der Waals surface area contributed by atoms with E-state index in [4.69, 9.17) is 11.0 Å². The van der Waals surface area contributed by atoms with Crippen molar-refractivity contribution in [3.05, 3.63) is 94.0 Å². The maximum atomic E-state index is 7.91. The second kappa shape index (κ2) is 9.69. The SMILES string of the molecule is [C-]#[N+]c1ccc2c(oc3c(-c4cc(CC(C)(C)C)c(C)c(C)[n+]4C)c(C)ccc32)c1-c1ccc(C(C)C)cc1. The minimum Gasteiger partial charge on any atom is -0.456 e. The Kier molecular flexibility index (Phi) is 6.63. The summed E-state index contributed by atoms with van der Waals surface area (Å²) in [5.41, 5.74) is 13.1. The van der Waals surface area contributed by atoms with Crippen LogP contribution in [0.2, 0.25) is 0 Å². The zero-order valence-electron chi connectivity index (χ0n) is 24.8. The van der Waals surface area contributed by atoms with Crippen LogP contribution in [-0.4, -0.2) is 0 Å². The van der Waals surface area contributed by atoms with Crippen LogP contribution in [0.5, 0.6) is 0 Å². The van der Waals surface area contributed by atoms with Crippen molar-refractivity contribution in [1.82, 2.24) is 0 Å². The van der Waals surface area contributed by atoms with E-state index >= 15 is 0 Å². The first-order valence-corrected chi connectivity index (χ1v) is 13.9. The van der Waals surface area contributed by atoms with Crippen LogP contribution in [0.3, 0.4) is 0 Å². The molecule has 3 heteroatoms. The van der Waals surface area contributed by atoms with Gasteiger partial charge in [-0.25, -0.2) is 4.85 Å². The molecule has 5 rings (SSSR count). The summed E-state index contributed by atoms with van der Waals surface area (Å²) in [4.78, 5) is 3.89. The number of fused-ring (bicyclic) bond motifs is 3. The fourth-order valence-electron chi connectivity index (χ4n) is 5.75. The van der Waals surface area contributed by atoms with Crippen LogP contribution in [0.25, 0.3) is 49.2 Å². The quantitative estimate of drug-likeness (QED) is 0.172. The van der Waals surface area contributed by atoms with Crippen LogP contribution in [0, 0.1) is 32.8 Å². The molecule has 0 bridgehead atoms. The summed E-state index contributed by atoms with van der Waals surface area (Å²) in [6, 6.07) is 19.3. The van der Waals surface area contributed by atoms with Crippen LogP contribution >= 0.6 is 0 Å². The molecular formula is C36H39N2O+. The molecule has 0 aliphatic carbocycles. The number of hydrogen-bond donors (Lipinski definition) is 0. The van der Waals surface area contributed by atoms with E-state index in [-0.39, 0.29) is 5.41 Å². The first kappa shape index (κ1) is 26.7. The van der Waals surface area contributed by atoms with E-state index in [1.165, 1.54) is 27.9 Å². The molecule has 0 saturated heterocycles. The molecule has 3 nitrogen and oxygen atoms in total. The highest BCUT2D eigenvalue weighted by Gasteiger charge is 2.27.